The maximum Gasteiger partial charge on any atom is 0.255 e. The Morgan fingerprint density at radius 2 is 2.00 bits per heavy atom. The number of nitrogens with one attached hydrogen (secondary N) is 1. The molecule has 1 heterocycles. The van der Waals surface area contributed by atoms with Crippen LogP contribution in [0.4, 0.5) is 11.4 Å². The van der Waals surface area contributed by atoms with E-state index in [0.29, 0.717) is 29.1 Å². The van der Waals surface area contributed by atoms with Crippen molar-refractivity contribution in [2.45, 2.75) is 61.3 Å². The summed E-state index contributed by atoms with van der Waals surface area (Å²) in [5.74, 6) is 1.65. The lowest BCUT2D eigenvalue weighted by atomic mass is 9.67. The minimum Gasteiger partial charge on any atom is -0.397 e. The van der Waals surface area contributed by atoms with Gasteiger partial charge in [0.2, 0.25) is 0 Å². The predicted molar refractivity (Wildman–Crippen MR) is 114 cm³/mol. The van der Waals surface area contributed by atoms with Crippen molar-refractivity contribution in [1.82, 2.24) is 4.98 Å². The van der Waals surface area contributed by atoms with Gasteiger partial charge in [-0.2, -0.15) is 0 Å². The van der Waals surface area contributed by atoms with Gasteiger partial charge in [0.25, 0.3) is 5.91 Å². The molecule has 3 unspecified atom stereocenters. The average molecular weight is 370 g/mol. The Labute approximate surface area is 164 Å². The minimum atomic E-state index is -0.103. The Kier molecular flexibility index (Phi) is 6.50. The van der Waals surface area contributed by atoms with Gasteiger partial charge < -0.3 is 11.1 Å². The molecule has 1 aromatic heterocycles. The molecule has 0 radical (unpaired) electrons. The van der Waals surface area contributed by atoms with E-state index in [1.54, 1.807) is 12.3 Å². The number of rotatable bonds is 3. The van der Waals surface area contributed by atoms with E-state index in [9.17, 15) is 4.79 Å². The van der Waals surface area contributed by atoms with E-state index in [1.165, 1.54) is 5.57 Å². The summed E-state index contributed by atoms with van der Waals surface area (Å²) in [5, 5.41) is 2.93. The normalized spacial score (nSPS) is 22.2. The summed E-state index contributed by atoms with van der Waals surface area (Å²) in [6.45, 7) is 15.6. The summed E-state index contributed by atoms with van der Waals surface area (Å²) in [6, 6.07) is 1.75. The third-order valence-electron chi connectivity index (χ3n) is 6.05. The number of amides is 1. The molecule has 1 aromatic rings. The van der Waals surface area contributed by atoms with Crippen LogP contribution in [-0.4, -0.2) is 10.9 Å². The summed E-state index contributed by atoms with van der Waals surface area (Å²) >= 11 is 0. The topological polar surface area (TPSA) is 68.0 Å². The van der Waals surface area contributed by atoms with Crippen LogP contribution in [0.3, 0.4) is 0 Å². The second-order valence-corrected chi connectivity index (χ2v) is 9.24. The van der Waals surface area contributed by atoms with Crippen molar-refractivity contribution in [2.24, 2.45) is 23.2 Å². The van der Waals surface area contributed by atoms with Gasteiger partial charge in [-0.15, -0.1) is 0 Å². The van der Waals surface area contributed by atoms with Gasteiger partial charge in [0.05, 0.1) is 23.3 Å². The van der Waals surface area contributed by atoms with E-state index in [-0.39, 0.29) is 11.3 Å². The highest BCUT2D eigenvalue weighted by Crippen LogP contribution is 2.41. The Morgan fingerprint density at radius 1 is 1.33 bits per heavy atom. The fourth-order valence-electron chi connectivity index (χ4n) is 3.74. The number of nitrogens with two attached hydrogens (primary N) is 1. The zero-order valence-corrected chi connectivity index (χ0v) is 17.9. The number of pyridine rings is 1. The molecule has 0 spiro atoms. The van der Waals surface area contributed by atoms with E-state index in [2.05, 4.69) is 57.9 Å². The molecule has 0 fully saturated rings. The molecule has 3 atom stereocenters. The zero-order valence-electron chi connectivity index (χ0n) is 17.9. The average Bonchev–Trinajstić information content (AvgIpc) is 2.56. The van der Waals surface area contributed by atoms with Crippen LogP contribution in [0.2, 0.25) is 0 Å². The first kappa shape index (κ1) is 21.2. The molecule has 27 heavy (non-hydrogen) atoms. The fourth-order valence-corrected chi connectivity index (χ4v) is 3.74. The second-order valence-electron chi connectivity index (χ2n) is 9.24. The van der Waals surface area contributed by atoms with Crippen LogP contribution in [0.25, 0.3) is 0 Å². The van der Waals surface area contributed by atoms with E-state index in [1.807, 2.05) is 13.0 Å². The Hall–Kier alpha value is -2.10. The van der Waals surface area contributed by atoms with Gasteiger partial charge in [-0.05, 0) is 55.9 Å². The summed E-state index contributed by atoms with van der Waals surface area (Å²) < 4.78 is 0. The molecule has 4 heteroatoms. The molecule has 2 rings (SSSR count). The van der Waals surface area contributed by atoms with Gasteiger partial charge in [0, 0.05) is 5.57 Å². The minimum absolute atomic E-state index is 0.103. The van der Waals surface area contributed by atoms with Crippen molar-refractivity contribution in [3.05, 3.63) is 41.3 Å². The standard InChI is InChI=1S/C23H35N3O/c1-14-10-18(22(27)26-19-12-21(24)17(4)25-13-19)9-8-15(2)20(11-14)16(3)23(5,6)7/h9-10,12-13,15-16,20H,8,11,24H2,1-7H3,(H,26,27). The van der Waals surface area contributed by atoms with Crippen LogP contribution in [0, 0.1) is 30.1 Å². The lowest BCUT2D eigenvalue weighted by Crippen LogP contribution is -2.30. The van der Waals surface area contributed by atoms with Crippen LogP contribution in [0.1, 0.15) is 60.1 Å². The van der Waals surface area contributed by atoms with E-state index in [0.717, 1.165) is 24.1 Å². The van der Waals surface area contributed by atoms with Crippen LogP contribution in [0.5, 0.6) is 0 Å². The SMILES string of the molecule is CC1=CC(C(=O)Nc2cnc(C)c(N)c2)=CCC(C)C(C(C)C(C)(C)C)C1. The molecule has 0 aliphatic heterocycles. The number of carbonyl (C=O) groups excluding carboxylic acids is 1. The third kappa shape index (κ3) is 5.44. The fraction of sp³-hybridized carbons (Fsp3) is 0.565. The number of carbonyl (C=O) groups is 1. The van der Waals surface area contributed by atoms with Crippen molar-refractivity contribution in [3.8, 4) is 0 Å². The third-order valence-corrected chi connectivity index (χ3v) is 6.05. The largest absolute Gasteiger partial charge is 0.397 e. The van der Waals surface area contributed by atoms with E-state index >= 15 is 0 Å². The maximum atomic E-state index is 12.8. The number of nitrogen functional groups attached to an aromatic ring is 1. The van der Waals surface area contributed by atoms with Gasteiger partial charge in [0.15, 0.2) is 0 Å². The highest BCUT2D eigenvalue weighted by atomic mass is 16.1. The molecule has 0 saturated carbocycles. The zero-order chi connectivity index (χ0) is 20.4. The molecule has 1 amide bonds. The summed E-state index contributed by atoms with van der Waals surface area (Å²) in [7, 11) is 0. The smallest absolute Gasteiger partial charge is 0.255 e. The van der Waals surface area contributed by atoms with Crippen LogP contribution in [0.15, 0.2) is 35.6 Å². The molecule has 148 valence electrons. The summed E-state index contributed by atoms with van der Waals surface area (Å²) in [6.07, 6.45) is 7.70. The monoisotopic (exact) mass is 369 g/mol. The van der Waals surface area contributed by atoms with Crippen molar-refractivity contribution in [1.29, 1.82) is 0 Å². The van der Waals surface area contributed by atoms with Crippen LogP contribution >= 0.6 is 0 Å². The Morgan fingerprint density at radius 3 is 2.59 bits per heavy atom. The lowest BCUT2D eigenvalue weighted by molar-refractivity contribution is -0.112. The molecule has 0 bridgehead atoms. The summed E-state index contributed by atoms with van der Waals surface area (Å²) in [5.41, 5.74) is 10.1. The van der Waals surface area contributed by atoms with Crippen molar-refractivity contribution >= 4 is 17.3 Å². The first-order valence-corrected chi connectivity index (χ1v) is 9.89. The van der Waals surface area contributed by atoms with Crippen LogP contribution < -0.4 is 11.1 Å². The predicted octanol–water partition coefficient (Wildman–Crippen LogP) is 5.51. The molecule has 0 saturated heterocycles. The number of hydrogen-bond donors (Lipinski definition) is 2. The molecular weight excluding hydrogens is 334 g/mol. The Balaban J connectivity index is 2.17. The first-order valence-electron chi connectivity index (χ1n) is 9.89. The van der Waals surface area contributed by atoms with Gasteiger partial charge in [-0.3, -0.25) is 9.78 Å². The number of allylic oxidation sites excluding steroid dienone is 2. The summed E-state index contributed by atoms with van der Waals surface area (Å²) in [4.78, 5) is 17.0. The number of nitrogens with zero attached hydrogens (tertiary/aromatic N) is 1. The van der Waals surface area contributed by atoms with Gasteiger partial charge in [-0.1, -0.05) is 52.3 Å². The van der Waals surface area contributed by atoms with E-state index < -0.39 is 0 Å². The van der Waals surface area contributed by atoms with Gasteiger partial charge in [0.1, 0.15) is 0 Å². The van der Waals surface area contributed by atoms with E-state index in [4.69, 9.17) is 5.73 Å². The first-order chi connectivity index (χ1) is 12.5. The number of hydrogen-bond acceptors (Lipinski definition) is 3. The van der Waals surface area contributed by atoms with Gasteiger partial charge >= 0.3 is 0 Å². The van der Waals surface area contributed by atoms with Crippen molar-refractivity contribution in [2.75, 3.05) is 11.1 Å². The highest BCUT2D eigenvalue weighted by molar-refractivity contribution is 6.05. The van der Waals surface area contributed by atoms with Crippen molar-refractivity contribution in [3.63, 3.8) is 0 Å². The molecular formula is C23H35N3O. The molecule has 1 aliphatic rings. The molecule has 1 aliphatic carbocycles. The number of anilines is 2. The van der Waals surface area contributed by atoms with Gasteiger partial charge in [-0.25, -0.2) is 0 Å². The van der Waals surface area contributed by atoms with Crippen LogP contribution in [-0.2, 0) is 4.79 Å². The molecule has 3 N–H and O–H groups in total. The molecule has 0 aromatic carbocycles. The number of aryl methyl sites for hydroxylation is 1. The number of aromatic nitrogens is 1. The second kappa shape index (κ2) is 8.28. The van der Waals surface area contributed by atoms with Crippen molar-refractivity contribution < 1.29 is 4.79 Å². The lowest BCUT2D eigenvalue weighted by Gasteiger charge is -2.38. The maximum absolute atomic E-state index is 12.8. The quantitative estimate of drug-likeness (QED) is 0.738. The molecule has 4 nitrogen and oxygen atoms in total. The Bertz CT molecular complexity index is 755. The highest BCUT2D eigenvalue weighted by Gasteiger charge is 2.32.